The van der Waals surface area contributed by atoms with Gasteiger partial charge in [0.1, 0.15) is 0 Å². The van der Waals surface area contributed by atoms with Crippen molar-refractivity contribution in [1.29, 1.82) is 0 Å². The highest BCUT2D eigenvalue weighted by atomic mass is 16.5. The molecule has 0 aromatic heterocycles. The van der Waals surface area contributed by atoms with Crippen molar-refractivity contribution in [3.05, 3.63) is 64.2 Å². The van der Waals surface area contributed by atoms with Gasteiger partial charge in [0.05, 0.1) is 18.2 Å². The number of methoxy groups -OCH3 is 1. The molecule has 0 unspecified atom stereocenters. The number of carbonyl (C=O) groups excluding carboxylic acids is 3. The molecule has 0 aliphatic carbocycles. The van der Waals surface area contributed by atoms with Gasteiger partial charge in [-0.3, -0.25) is 4.79 Å². The van der Waals surface area contributed by atoms with E-state index in [0.29, 0.717) is 16.8 Å². The number of ether oxygens (including phenoxy) is 2. The number of hydrogen-bond acceptors (Lipinski definition) is 5. The molecule has 2 aromatic rings. The highest BCUT2D eigenvalue weighted by Gasteiger charge is 2.16. The molecule has 0 spiro atoms. The van der Waals surface area contributed by atoms with Crippen LogP contribution < -0.4 is 5.32 Å². The fraction of sp³-hybridized carbons (Fsp3) is 0.250. The largest absolute Gasteiger partial charge is 0.465 e. The first kappa shape index (κ1) is 19.2. The Balaban J connectivity index is 1.94. The first-order valence-corrected chi connectivity index (χ1v) is 8.05. The van der Waals surface area contributed by atoms with Crippen LogP contribution in [0.2, 0.25) is 0 Å². The van der Waals surface area contributed by atoms with Crippen molar-refractivity contribution < 1.29 is 23.9 Å². The molecule has 1 N–H and O–H groups in total. The lowest BCUT2D eigenvalue weighted by atomic mass is 10.00. The molecular weight excluding hydrogens is 334 g/mol. The van der Waals surface area contributed by atoms with Crippen LogP contribution in [0.4, 0.5) is 5.69 Å². The van der Waals surface area contributed by atoms with E-state index in [-0.39, 0.29) is 0 Å². The summed E-state index contributed by atoms with van der Waals surface area (Å²) >= 11 is 0. The molecule has 1 amide bonds. The molecule has 2 rings (SSSR count). The van der Waals surface area contributed by atoms with Crippen molar-refractivity contribution >= 4 is 23.5 Å². The molecule has 0 saturated carbocycles. The third-order valence-corrected chi connectivity index (χ3v) is 3.81. The predicted octanol–water partition coefficient (Wildman–Crippen LogP) is 3.19. The molecular formula is C20H21NO5. The summed E-state index contributed by atoms with van der Waals surface area (Å²) in [6, 6.07) is 10.00. The van der Waals surface area contributed by atoms with Gasteiger partial charge in [-0.2, -0.15) is 0 Å². The van der Waals surface area contributed by atoms with E-state index < -0.39 is 24.5 Å². The van der Waals surface area contributed by atoms with Crippen LogP contribution in [0.1, 0.15) is 37.4 Å². The number of nitrogens with one attached hydrogen (secondary N) is 1. The highest BCUT2D eigenvalue weighted by Crippen LogP contribution is 2.17. The van der Waals surface area contributed by atoms with E-state index in [2.05, 4.69) is 10.1 Å². The maximum absolute atomic E-state index is 12.3. The lowest BCUT2D eigenvalue weighted by molar-refractivity contribution is -0.119. The molecule has 6 heteroatoms. The number of carbonyl (C=O) groups is 3. The Hall–Kier alpha value is -3.15. The molecule has 0 aliphatic rings. The van der Waals surface area contributed by atoms with Crippen LogP contribution in [0.25, 0.3) is 0 Å². The van der Waals surface area contributed by atoms with E-state index >= 15 is 0 Å². The normalized spacial score (nSPS) is 10.2. The second-order valence-corrected chi connectivity index (χ2v) is 5.97. The minimum atomic E-state index is -0.531. The predicted molar refractivity (Wildman–Crippen MR) is 97.3 cm³/mol. The lowest BCUT2D eigenvalue weighted by Gasteiger charge is -2.11. The Bertz CT molecular complexity index is 817. The minimum Gasteiger partial charge on any atom is -0.465 e. The van der Waals surface area contributed by atoms with Crippen molar-refractivity contribution in [2.75, 3.05) is 19.0 Å². The van der Waals surface area contributed by atoms with Gasteiger partial charge in [0.25, 0.3) is 5.91 Å². The maximum atomic E-state index is 12.3. The molecule has 6 nitrogen and oxygen atoms in total. The number of amides is 1. The topological polar surface area (TPSA) is 81.7 Å². The Morgan fingerprint density at radius 2 is 1.50 bits per heavy atom. The first-order valence-electron chi connectivity index (χ1n) is 8.05. The third-order valence-electron chi connectivity index (χ3n) is 3.81. The quantitative estimate of drug-likeness (QED) is 0.833. The zero-order valence-corrected chi connectivity index (χ0v) is 15.2. The van der Waals surface area contributed by atoms with Gasteiger partial charge in [0.2, 0.25) is 0 Å². The second kappa shape index (κ2) is 8.29. The monoisotopic (exact) mass is 355 g/mol. The average molecular weight is 355 g/mol. The molecule has 26 heavy (non-hydrogen) atoms. The molecule has 136 valence electrons. The van der Waals surface area contributed by atoms with Gasteiger partial charge in [-0.15, -0.1) is 0 Å². The van der Waals surface area contributed by atoms with Gasteiger partial charge >= 0.3 is 11.9 Å². The van der Waals surface area contributed by atoms with Crippen LogP contribution in [0.3, 0.4) is 0 Å². The van der Waals surface area contributed by atoms with E-state index in [1.54, 1.807) is 12.1 Å². The fourth-order valence-corrected chi connectivity index (χ4v) is 2.71. The molecule has 0 fully saturated rings. The van der Waals surface area contributed by atoms with E-state index in [1.807, 2.05) is 32.9 Å². The summed E-state index contributed by atoms with van der Waals surface area (Å²) in [5.41, 5.74) is 4.02. The number of esters is 2. The Kier molecular flexibility index (Phi) is 6.11. The lowest BCUT2D eigenvalue weighted by Crippen LogP contribution is -2.21. The highest BCUT2D eigenvalue weighted by molar-refractivity contribution is 5.97. The fourth-order valence-electron chi connectivity index (χ4n) is 2.71. The Morgan fingerprint density at radius 1 is 0.923 bits per heavy atom. The summed E-state index contributed by atoms with van der Waals surface area (Å²) in [6.45, 7) is 5.22. The number of anilines is 1. The number of aryl methyl sites for hydroxylation is 3. The van der Waals surface area contributed by atoms with E-state index in [9.17, 15) is 14.4 Å². The van der Waals surface area contributed by atoms with Crippen molar-refractivity contribution in [2.45, 2.75) is 20.8 Å². The van der Waals surface area contributed by atoms with Crippen LogP contribution in [0, 0.1) is 20.8 Å². The van der Waals surface area contributed by atoms with Gasteiger partial charge in [-0.05, 0) is 56.2 Å². The number of hydrogen-bond donors (Lipinski definition) is 1. The molecule has 0 saturated heterocycles. The van der Waals surface area contributed by atoms with E-state index in [1.165, 1.54) is 19.2 Å². The van der Waals surface area contributed by atoms with Crippen molar-refractivity contribution in [3.63, 3.8) is 0 Å². The summed E-state index contributed by atoms with van der Waals surface area (Å²) in [5.74, 6) is -1.46. The second-order valence-electron chi connectivity index (χ2n) is 5.97. The summed E-state index contributed by atoms with van der Waals surface area (Å²) < 4.78 is 9.72. The zero-order valence-electron chi connectivity index (χ0n) is 15.2. The summed E-state index contributed by atoms with van der Waals surface area (Å²) in [7, 11) is 1.30. The van der Waals surface area contributed by atoms with E-state index in [0.717, 1.165) is 16.7 Å². The van der Waals surface area contributed by atoms with Gasteiger partial charge in [-0.25, -0.2) is 9.59 Å². The van der Waals surface area contributed by atoms with Crippen LogP contribution in [-0.4, -0.2) is 31.6 Å². The number of rotatable bonds is 5. The molecule has 0 aliphatic heterocycles. The summed E-state index contributed by atoms with van der Waals surface area (Å²) in [4.78, 5) is 35.6. The summed E-state index contributed by atoms with van der Waals surface area (Å²) in [6.07, 6.45) is 0. The smallest absolute Gasteiger partial charge is 0.339 e. The van der Waals surface area contributed by atoms with Crippen molar-refractivity contribution in [1.82, 2.24) is 0 Å². The van der Waals surface area contributed by atoms with Crippen LogP contribution >= 0.6 is 0 Å². The zero-order chi connectivity index (χ0) is 19.3. The van der Waals surface area contributed by atoms with Crippen molar-refractivity contribution in [2.24, 2.45) is 0 Å². The van der Waals surface area contributed by atoms with Crippen molar-refractivity contribution in [3.8, 4) is 0 Å². The maximum Gasteiger partial charge on any atom is 0.339 e. The van der Waals surface area contributed by atoms with Crippen LogP contribution in [0.15, 0.2) is 36.4 Å². The Labute approximate surface area is 152 Å². The Morgan fingerprint density at radius 3 is 2.04 bits per heavy atom. The molecule has 0 bridgehead atoms. The number of benzene rings is 2. The first-order chi connectivity index (χ1) is 12.3. The van der Waals surface area contributed by atoms with E-state index in [4.69, 9.17) is 4.74 Å². The standard InChI is InChI=1S/C20H21NO5/c1-12-9-13(2)18(14(3)10-12)20(24)26-11-17(22)21-16-7-5-15(6-8-16)19(23)25-4/h5-10H,11H2,1-4H3,(H,21,22). The molecule has 0 radical (unpaired) electrons. The van der Waals surface area contributed by atoms with Gasteiger partial charge in [0.15, 0.2) is 6.61 Å². The SMILES string of the molecule is COC(=O)c1ccc(NC(=O)COC(=O)c2c(C)cc(C)cc2C)cc1. The molecule has 0 atom stereocenters. The van der Waals surface area contributed by atoms with Gasteiger partial charge in [0, 0.05) is 5.69 Å². The third kappa shape index (κ3) is 4.69. The summed E-state index contributed by atoms with van der Waals surface area (Å²) in [5, 5.41) is 2.60. The van der Waals surface area contributed by atoms with Gasteiger partial charge < -0.3 is 14.8 Å². The van der Waals surface area contributed by atoms with Gasteiger partial charge in [-0.1, -0.05) is 17.7 Å². The van der Waals surface area contributed by atoms with Crippen LogP contribution in [-0.2, 0) is 14.3 Å². The van der Waals surface area contributed by atoms with Crippen LogP contribution in [0.5, 0.6) is 0 Å². The molecule has 2 aromatic carbocycles. The average Bonchev–Trinajstić information content (AvgIpc) is 2.59. The molecule has 0 heterocycles. The minimum absolute atomic E-state index is 0.377.